The molecule has 5 nitrogen and oxygen atoms in total. The van der Waals surface area contributed by atoms with Crippen molar-refractivity contribution in [3.05, 3.63) is 29.8 Å². The van der Waals surface area contributed by atoms with E-state index in [1.165, 1.54) is 19.2 Å². The molecule has 0 N–H and O–H groups in total. The number of nitrogens with zero attached hydrogens (tertiary/aromatic N) is 1. The van der Waals surface area contributed by atoms with Crippen LogP contribution >= 0.6 is 0 Å². The standard InChI is InChI=1S/C15H18F3NO4/c1-21-10-14(20)19-6-7-22-9-13(8-19)23-12-4-2-11(3-5-12)15(16,17)18/h2-5,13H,6-10H2,1H3. The van der Waals surface area contributed by atoms with Gasteiger partial charge in [-0.3, -0.25) is 4.79 Å². The lowest BCUT2D eigenvalue weighted by atomic mass is 10.2. The van der Waals surface area contributed by atoms with Crippen LogP contribution in [0.2, 0.25) is 0 Å². The number of alkyl halides is 3. The molecule has 2 rings (SSSR count). The number of halogens is 3. The Morgan fingerprint density at radius 1 is 1.35 bits per heavy atom. The van der Waals surface area contributed by atoms with Crippen LogP contribution in [0.15, 0.2) is 24.3 Å². The van der Waals surface area contributed by atoms with Gasteiger partial charge < -0.3 is 19.1 Å². The number of amides is 1. The normalized spacial score (nSPS) is 19.3. The van der Waals surface area contributed by atoms with E-state index in [-0.39, 0.29) is 19.1 Å². The molecule has 1 fully saturated rings. The highest BCUT2D eigenvalue weighted by molar-refractivity contribution is 5.77. The fourth-order valence-electron chi connectivity index (χ4n) is 2.21. The van der Waals surface area contributed by atoms with E-state index in [0.29, 0.717) is 25.4 Å². The van der Waals surface area contributed by atoms with Crippen LogP contribution in [-0.2, 0) is 20.4 Å². The molecule has 1 aliphatic rings. The van der Waals surface area contributed by atoms with Crippen LogP contribution in [0.5, 0.6) is 5.75 Å². The lowest BCUT2D eigenvalue weighted by Gasteiger charge is -2.24. The zero-order chi connectivity index (χ0) is 16.9. The van der Waals surface area contributed by atoms with E-state index < -0.39 is 17.8 Å². The van der Waals surface area contributed by atoms with Gasteiger partial charge in [0.1, 0.15) is 18.5 Å². The topological polar surface area (TPSA) is 48.0 Å². The molecule has 1 unspecified atom stereocenters. The molecule has 0 aromatic heterocycles. The summed E-state index contributed by atoms with van der Waals surface area (Å²) in [5.41, 5.74) is -0.737. The first-order valence-corrected chi connectivity index (χ1v) is 7.08. The van der Waals surface area contributed by atoms with Gasteiger partial charge in [-0.1, -0.05) is 0 Å². The van der Waals surface area contributed by atoms with Crippen molar-refractivity contribution in [2.24, 2.45) is 0 Å². The number of hydrogen-bond donors (Lipinski definition) is 0. The van der Waals surface area contributed by atoms with Crippen LogP contribution in [-0.4, -0.2) is 56.9 Å². The molecule has 128 valence electrons. The van der Waals surface area contributed by atoms with Crippen molar-refractivity contribution in [2.45, 2.75) is 12.3 Å². The Hall–Kier alpha value is -1.80. The summed E-state index contributed by atoms with van der Waals surface area (Å²) in [5.74, 6) is 0.117. The van der Waals surface area contributed by atoms with E-state index in [9.17, 15) is 18.0 Å². The van der Waals surface area contributed by atoms with E-state index in [1.54, 1.807) is 4.90 Å². The Balaban J connectivity index is 1.99. The highest BCUT2D eigenvalue weighted by Gasteiger charge is 2.30. The van der Waals surface area contributed by atoms with Gasteiger partial charge in [-0.25, -0.2) is 0 Å². The van der Waals surface area contributed by atoms with Crippen molar-refractivity contribution in [3.8, 4) is 5.75 Å². The van der Waals surface area contributed by atoms with Crippen LogP contribution in [0, 0.1) is 0 Å². The minimum atomic E-state index is -4.38. The number of ether oxygens (including phenoxy) is 3. The fourth-order valence-corrected chi connectivity index (χ4v) is 2.21. The molecule has 0 aliphatic carbocycles. The van der Waals surface area contributed by atoms with Crippen molar-refractivity contribution in [1.82, 2.24) is 4.90 Å². The third-order valence-electron chi connectivity index (χ3n) is 3.34. The number of rotatable bonds is 4. The van der Waals surface area contributed by atoms with E-state index in [2.05, 4.69) is 0 Å². The Morgan fingerprint density at radius 3 is 2.65 bits per heavy atom. The molecule has 1 heterocycles. The Kier molecular flexibility index (Phi) is 5.84. The zero-order valence-corrected chi connectivity index (χ0v) is 12.6. The van der Waals surface area contributed by atoms with Gasteiger partial charge in [-0.05, 0) is 24.3 Å². The van der Waals surface area contributed by atoms with Gasteiger partial charge >= 0.3 is 6.18 Å². The molecule has 1 amide bonds. The third-order valence-corrected chi connectivity index (χ3v) is 3.34. The molecule has 1 saturated heterocycles. The largest absolute Gasteiger partial charge is 0.486 e. The smallest absolute Gasteiger partial charge is 0.416 e. The third kappa shape index (κ3) is 5.11. The Labute approximate surface area is 131 Å². The number of benzene rings is 1. The quantitative estimate of drug-likeness (QED) is 0.845. The van der Waals surface area contributed by atoms with Gasteiger partial charge in [0.2, 0.25) is 5.91 Å². The minimum Gasteiger partial charge on any atom is -0.486 e. The van der Waals surface area contributed by atoms with Crippen molar-refractivity contribution in [1.29, 1.82) is 0 Å². The van der Waals surface area contributed by atoms with Gasteiger partial charge in [0.05, 0.1) is 25.3 Å². The van der Waals surface area contributed by atoms with Gasteiger partial charge in [0.15, 0.2) is 0 Å². The predicted octanol–water partition coefficient (Wildman–Crippen LogP) is 1.96. The summed E-state index contributed by atoms with van der Waals surface area (Å²) in [6, 6.07) is 4.44. The molecule has 23 heavy (non-hydrogen) atoms. The summed E-state index contributed by atoms with van der Waals surface area (Å²) >= 11 is 0. The molecular formula is C15H18F3NO4. The minimum absolute atomic E-state index is 0.0347. The van der Waals surface area contributed by atoms with E-state index in [4.69, 9.17) is 14.2 Å². The van der Waals surface area contributed by atoms with Crippen molar-refractivity contribution < 1.29 is 32.2 Å². The van der Waals surface area contributed by atoms with E-state index in [0.717, 1.165) is 12.1 Å². The first-order valence-electron chi connectivity index (χ1n) is 7.08. The summed E-state index contributed by atoms with van der Waals surface area (Å²) in [7, 11) is 1.43. The molecule has 1 aliphatic heterocycles. The summed E-state index contributed by atoms with van der Waals surface area (Å²) in [4.78, 5) is 13.4. The van der Waals surface area contributed by atoms with Gasteiger partial charge in [0.25, 0.3) is 0 Å². The fraction of sp³-hybridized carbons (Fsp3) is 0.533. The van der Waals surface area contributed by atoms with Crippen LogP contribution in [0.1, 0.15) is 5.56 Å². The average molecular weight is 333 g/mol. The van der Waals surface area contributed by atoms with Gasteiger partial charge in [0, 0.05) is 13.7 Å². The van der Waals surface area contributed by atoms with Gasteiger partial charge in [-0.2, -0.15) is 13.2 Å². The molecule has 8 heteroatoms. The van der Waals surface area contributed by atoms with Crippen LogP contribution in [0.25, 0.3) is 0 Å². The summed E-state index contributed by atoms with van der Waals surface area (Å²) in [6.45, 7) is 1.32. The first-order chi connectivity index (χ1) is 10.9. The summed E-state index contributed by atoms with van der Waals surface area (Å²) in [5, 5.41) is 0. The molecule has 0 spiro atoms. The number of carbonyl (C=O) groups is 1. The Bertz CT molecular complexity index is 518. The van der Waals surface area contributed by atoms with E-state index >= 15 is 0 Å². The number of methoxy groups -OCH3 is 1. The maximum Gasteiger partial charge on any atom is 0.416 e. The maximum atomic E-state index is 12.5. The molecular weight excluding hydrogens is 315 g/mol. The summed E-state index contributed by atoms with van der Waals surface area (Å²) in [6.07, 6.45) is -4.83. The number of hydrogen-bond acceptors (Lipinski definition) is 4. The van der Waals surface area contributed by atoms with Crippen LogP contribution in [0.3, 0.4) is 0 Å². The second kappa shape index (κ2) is 7.65. The lowest BCUT2D eigenvalue weighted by Crippen LogP contribution is -2.41. The monoisotopic (exact) mass is 333 g/mol. The second-order valence-corrected chi connectivity index (χ2v) is 5.11. The summed E-state index contributed by atoms with van der Waals surface area (Å²) < 4.78 is 53.4. The predicted molar refractivity (Wildman–Crippen MR) is 75.1 cm³/mol. The van der Waals surface area contributed by atoms with Crippen LogP contribution in [0.4, 0.5) is 13.2 Å². The molecule has 0 saturated carbocycles. The Morgan fingerprint density at radius 2 is 2.04 bits per heavy atom. The van der Waals surface area contributed by atoms with Gasteiger partial charge in [-0.15, -0.1) is 0 Å². The average Bonchev–Trinajstić information content (AvgIpc) is 2.73. The number of carbonyl (C=O) groups excluding carboxylic acids is 1. The molecule has 1 aromatic rings. The highest BCUT2D eigenvalue weighted by Crippen LogP contribution is 2.30. The van der Waals surface area contributed by atoms with E-state index in [1.807, 2.05) is 0 Å². The molecule has 1 atom stereocenters. The second-order valence-electron chi connectivity index (χ2n) is 5.11. The van der Waals surface area contributed by atoms with Crippen LogP contribution < -0.4 is 4.74 Å². The SMILES string of the molecule is COCC(=O)N1CCOCC(Oc2ccc(C(F)(F)F)cc2)C1. The lowest BCUT2D eigenvalue weighted by molar-refractivity contribution is -0.138. The first kappa shape index (κ1) is 17.6. The van der Waals surface area contributed by atoms with Crippen molar-refractivity contribution >= 4 is 5.91 Å². The molecule has 0 bridgehead atoms. The van der Waals surface area contributed by atoms with Crippen molar-refractivity contribution in [2.75, 3.05) is 40.0 Å². The zero-order valence-electron chi connectivity index (χ0n) is 12.6. The molecule has 0 radical (unpaired) electrons. The molecule has 1 aromatic carbocycles. The van der Waals surface area contributed by atoms with Crippen molar-refractivity contribution in [3.63, 3.8) is 0 Å². The maximum absolute atomic E-state index is 12.5. The highest BCUT2D eigenvalue weighted by atomic mass is 19.4.